The number of benzene rings is 1. The first kappa shape index (κ1) is 17.7. The van der Waals surface area contributed by atoms with E-state index in [1.165, 1.54) is 6.26 Å². The van der Waals surface area contributed by atoms with E-state index in [0.717, 1.165) is 12.0 Å². The van der Waals surface area contributed by atoms with Crippen molar-refractivity contribution in [2.24, 2.45) is 11.8 Å². The molecule has 1 aliphatic rings. The van der Waals surface area contributed by atoms with Gasteiger partial charge in [-0.3, -0.25) is 9.00 Å². The minimum absolute atomic E-state index is 0.0176. The van der Waals surface area contributed by atoms with Gasteiger partial charge in [0.15, 0.2) is 5.78 Å². The highest BCUT2D eigenvalue weighted by Crippen LogP contribution is 2.27. The van der Waals surface area contributed by atoms with Gasteiger partial charge in [-0.2, -0.15) is 0 Å². The van der Waals surface area contributed by atoms with E-state index in [1.54, 1.807) is 4.90 Å². The van der Waals surface area contributed by atoms with Crippen molar-refractivity contribution in [1.82, 2.24) is 4.90 Å². The summed E-state index contributed by atoms with van der Waals surface area (Å²) in [5.41, 5.74) is 0.932. The van der Waals surface area contributed by atoms with Crippen molar-refractivity contribution < 1.29 is 18.5 Å². The van der Waals surface area contributed by atoms with Gasteiger partial charge < -0.3 is 9.64 Å². The average Bonchev–Trinajstić information content (AvgIpc) is 2.97. The van der Waals surface area contributed by atoms with E-state index in [4.69, 9.17) is 4.74 Å². The van der Waals surface area contributed by atoms with Gasteiger partial charge in [0.05, 0.1) is 5.75 Å². The van der Waals surface area contributed by atoms with Gasteiger partial charge >= 0.3 is 6.09 Å². The topological polar surface area (TPSA) is 63.7 Å². The maximum Gasteiger partial charge on any atom is 0.410 e. The highest BCUT2D eigenvalue weighted by molar-refractivity contribution is 7.85. The van der Waals surface area contributed by atoms with Crippen LogP contribution in [0.4, 0.5) is 4.79 Å². The molecule has 1 aromatic rings. The van der Waals surface area contributed by atoms with E-state index in [1.807, 2.05) is 37.3 Å². The minimum atomic E-state index is -1.14. The normalized spacial score (nSPS) is 21.9. The Morgan fingerprint density at radius 2 is 1.96 bits per heavy atom. The maximum atomic E-state index is 12.2. The van der Waals surface area contributed by atoms with Gasteiger partial charge in [-0.1, -0.05) is 43.7 Å². The lowest BCUT2D eigenvalue weighted by Crippen LogP contribution is -2.31. The number of ketones is 1. The third-order valence-corrected chi connectivity index (χ3v) is 4.88. The number of carbonyl (C=O) groups is 2. The van der Waals surface area contributed by atoms with Crippen molar-refractivity contribution in [2.45, 2.75) is 20.0 Å². The summed E-state index contributed by atoms with van der Waals surface area (Å²) in [7, 11) is -1.14. The summed E-state index contributed by atoms with van der Waals surface area (Å²) in [6, 6.07) is 9.49. The Bertz CT molecular complexity index is 575. The fourth-order valence-corrected chi connectivity index (χ4v) is 3.53. The molecule has 6 heteroatoms. The Kier molecular flexibility index (Phi) is 6.33. The van der Waals surface area contributed by atoms with Crippen molar-refractivity contribution in [3.05, 3.63) is 35.9 Å². The Morgan fingerprint density at radius 1 is 1.26 bits per heavy atom. The molecular formula is C17H23NO4S. The number of hydrogen-bond donors (Lipinski definition) is 0. The minimum Gasteiger partial charge on any atom is -0.445 e. The SMILES string of the molecule is CC[C@@H]1CN(C(=O)OCc2ccccc2)C[C@@H]1C(=O)CS(C)=O. The summed E-state index contributed by atoms with van der Waals surface area (Å²) in [5.74, 6) is -0.0619. The van der Waals surface area contributed by atoms with Gasteiger partial charge in [0.2, 0.25) is 0 Å². The van der Waals surface area contributed by atoms with Gasteiger partial charge in [0.1, 0.15) is 6.61 Å². The quantitative estimate of drug-likeness (QED) is 0.798. The number of nitrogens with zero attached hydrogens (tertiary/aromatic N) is 1. The van der Waals surface area contributed by atoms with Crippen LogP contribution in [-0.4, -0.2) is 46.1 Å². The van der Waals surface area contributed by atoms with Crippen molar-refractivity contribution in [1.29, 1.82) is 0 Å². The lowest BCUT2D eigenvalue weighted by atomic mass is 9.91. The predicted molar refractivity (Wildman–Crippen MR) is 89.4 cm³/mol. The van der Waals surface area contributed by atoms with Crippen molar-refractivity contribution in [3.63, 3.8) is 0 Å². The van der Waals surface area contributed by atoms with Gasteiger partial charge in [0, 0.05) is 36.1 Å². The summed E-state index contributed by atoms with van der Waals surface area (Å²) >= 11 is 0. The highest BCUT2D eigenvalue weighted by atomic mass is 32.2. The van der Waals surface area contributed by atoms with Crippen LogP contribution in [0, 0.1) is 11.8 Å². The number of Topliss-reactive ketones (excluding diaryl/α,β-unsaturated/α-hetero) is 1. The molecule has 2 rings (SSSR count). The lowest BCUT2D eigenvalue weighted by Gasteiger charge is -2.16. The van der Waals surface area contributed by atoms with Crippen LogP contribution in [-0.2, 0) is 26.9 Å². The van der Waals surface area contributed by atoms with E-state index in [2.05, 4.69) is 0 Å². The standard InChI is InChI=1S/C17H23NO4S/c1-3-14-9-18(10-15(14)16(19)12-23(2)21)17(20)22-11-13-7-5-4-6-8-13/h4-8,14-15H,3,9-12H2,1-2H3/t14-,15+,23?/m1/s1. The third kappa shape index (κ3) is 4.89. The number of hydrogen-bond acceptors (Lipinski definition) is 4. The number of amides is 1. The summed E-state index contributed by atoms with van der Waals surface area (Å²) in [6.07, 6.45) is 1.95. The largest absolute Gasteiger partial charge is 0.445 e. The van der Waals surface area contributed by atoms with Crippen molar-refractivity contribution in [3.8, 4) is 0 Å². The molecule has 1 fully saturated rings. The van der Waals surface area contributed by atoms with Crippen LogP contribution >= 0.6 is 0 Å². The molecule has 1 unspecified atom stereocenters. The Hall–Kier alpha value is -1.69. The van der Waals surface area contributed by atoms with Crippen LogP contribution < -0.4 is 0 Å². The fourth-order valence-electron chi connectivity index (χ4n) is 2.92. The Balaban J connectivity index is 1.91. The molecule has 0 aromatic heterocycles. The maximum absolute atomic E-state index is 12.2. The fraction of sp³-hybridized carbons (Fsp3) is 0.529. The zero-order chi connectivity index (χ0) is 16.8. The second kappa shape index (κ2) is 8.24. The number of carbonyl (C=O) groups excluding carboxylic acids is 2. The summed E-state index contributed by atoms with van der Waals surface area (Å²) < 4.78 is 16.6. The molecule has 1 aliphatic heterocycles. The second-order valence-corrected chi connectivity index (χ2v) is 7.34. The number of rotatable bonds is 6. The van der Waals surface area contributed by atoms with Gasteiger partial charge in [-0.05, 0) is 11.5 Å². The van der Waals surface area contributed by atoms with Crippen LogP contribution in [0.1, 0.15) is 18.9 Å². The molecule has 0 spiro atoms. The van der Waals surface area contributed by atoms with Crippen molar-refractivity contribution in [2.75, 3.05) is 25.1 Å². The molecule has 1 heterocycles. The lowest BCUT2D eigenvalue weighted by molar-refractivity contribution is -0.121. The molecule has 0 N–H and O–H groups in total. The molecule has 0 bridgehead atoms. The zero-order valence-corrected chi connectivity index (χ0v) is 14.4. The van der Waals surface area contributed by atoms with E-state index in [9.17, 15) is 13.8 Å². The second-order valence-electron chi connectivity index (χ2n) is 5.90. The zero-order valence-electron chi connectivity index (χ0n) is 13.6. The number of likely N-dealkylation sites (tertiary alicyclic amines) is 1. The van der Waals surface area contributed by atoms with Crippen LogP contribution in [0.15, 0.2) is 30.3 Å². The molecule has 0 radical (unpaired) electrons. The molecule has 23 heavy (non-hydrogen) atoms. The molecule has 126 valence electrons. The Morgan fingerprint density at radius 3 is 2.57 bits per heavy atom. The van der Waals surface area contributed by atoms with E-state index >= 15 is 0 Å². The Labute approximate surface area is 139 Å². The van der Waals surface area contributed by atoms with Crippen LogP contribution in [0.5, 0.6) is 0 Å². The van der Waals surface area contributed by atoms with Gasteiger partial charge in [-0.15, -0.1) is 0 Å². The monoisotopic (exact) mass is 337 g/mol. The van der Waals surface area contributed by atoms with Crippen molar-refractivity contribution >= 4 is 22.7 Å². The summed E-state index contributed by atoms with van der Waals surface area (Å²) in [6.45, 7) is 3.12. The van der Waals surface area contributed by atoms with E-state index < -0.39 is 10.8 Å². The van der Waals surface area contributed by atoms with Crippen LogP contribution in [0.3, 0.4) is 0 Å². The smallest absolute Gasteiger partial charge is 0.410 e. The molecule has 1 saturated heterocycles. The third-order valence-electron chi connectivity index (χ3n) is 4.19. The van der Waals surface area contributed by atoms with Gasteiger partial charge in [0.25, 0.3) is 0 Å². The molecule has 3 atom stereocenters. The van der Waals surface area contributed by atoms with Crippen LogP contribution in [0.25, 0.3) is 0 Å². The van der Waals surface area contributed by atoms with E-state index in [-0.39, 0.29) is 36.1 Å². The number of ether oxygens (including phenoxy) is 1. The summed E-state index contributed by atoms with van der Waals surface area (Å²) in [5, 5.41) is 0. The first-order valence-corrected chi connectivity index (χ1v) is 9.52. The molecular weight excluding hydrogens is 314 g/mol. The van der Waals surface area contributed by atoms with E-state index in [0.29, 0.717) is 13.1 Å². The first-order valence-electron chi connectivity index (χ1n) is 7.79. The average molecular weight is 337 g/mol. The molecule has 5 nitrogen and oxygen atoms in total. The highest BCUT2D eigenvalue weighted by Gasteiger charge is 2.39. The predicted octanol–water partition coefficient (Wildman–Crippen LogP) is 2.23. The molecule has 0 aliphatic carbocycles. The van der Waals surface area contributed by atoms with Gasteiger partial charge in [-0.25, -0.2) is 4.79 Å². The molecule has 1 amide bonds. The first-order chi connectivity index (χ1) is 11.0. The molecule has 0 saturated carbocycles. The van der Waals surface area contributed by atoms with Crippen LogP contribution in [0.2, 0.25) is 0 Å². The summed E-state index contributed by atoms with van der Waals surface area (Å²) in [4.78, 5) is 26.0. The molecule has 1 aromatic carbocycles.